The van der Waals surface area contributed by atoms with Crippen LogP contribution in [0.4, 0.5) is 17.5 Å². The molecule has 5 heteroatoms. The fourth-order valence-corrected chi connectivity index (χ4v) is 2.49. The van der Waals surface area contributed by atoms with Gasteiger partial charge in [0.1, 0.15) is 17.5 Å². The lowest BCUT2D eigenvalue weighted by molar-refractivity contribution is 0.752. The molecule has 0 spiro atoms. The summed E-state index contributed by atoms with van der Waals surface area (Å²) >= 11 is 0. The van der Waals surface area contributed by atoms with Crippen LogP contribution in [0.5, 0.6) is 0 Å². The minimum absolute atomic E-state index is 0.379. The Bertz CT molecular complexity index is 723. The van der Waals surface area contributed by atoms with E-state index < -0.39 is 0 Å². The molecule has 0 radical (unpaired) electrons. The maximum atomic E-state index is 4.76. The molecule has 3 N–H and O–H groups in total. The predicted molar refractivity (Wildman–Crippen MR) is 95.7 cm³/mol. The van der Waals surface area contributed by atoms with Crippen LogP contribution in [-0.4, -0.2) is 16.0 Å². The van der Waals surface area contributed by atoms with Crippen LogP contribution in [0.1, 0.15) is 37.0 Å². The number of nitrogens with one attached hydrogen (secondary N) is 3. The smallest absolute Gasteiger partial charge is 0.134 e. The maximum absolute atomic E-state index is 4.76. The Morgan fingerprint density at radius 1 is 1.30 bits per heavy atom. The Hall–Kier alpha value is -2.56. The number of hydrogen-bond acceptors (Lipinski definition) is 5. The molecule has 23 heavy (non-hydrogen) atoms. The molecule has 0 aromatic carbocycles. The lowest BCUT2D eigenvalue weighted by atomic mass is 10.1. The van der Waals surface area contributed by atoms with Gasteiger partial charge in [-0.2, -0.15) is 0 Å². The van der Waals surface area contributed by atoms with Gasteiger partial charge in [0.05, 0.1) is 0 Å². The summed E-state index contributed by atoms with van der Waals surface area (Å²) < 4.78 is 0. The highest BCUT2D eigenvalue weighted by atomic mass is 15.1. The standard InChI is InChI=1S/C18H23N5/c1-4-13(3)21-18-15-11-19-7-6-14(15)10-17(23-18)22-16-9-12(2)5-8-20-16/h5-10,13,19H,4,11H2,1-3H3,(H2,20,21,22,23)/t13-/m0/s1. The molecule has 120 valence electrons. The number of fused-ring (bicyclic) bond motifs is 1. The molecule has 1 aliphatic heterocycles. The second kappa shape index (κ2) is 6.69. The molecule has 1 aliphatic rings. The molecular formula is C18H23N5. The third kappa shape index (κ3) is 3.62. The summed E-state index contributed by atoms with van der Waals surface area (Å²) in [6, 6.07) is 6.44. The first-order valence-corrected chi connectivity index (χ1v) is 8.05. The number of rotatable bonds is 5. The Balaban J connectivity index is 1.94. The topological polar surface area (TPSA) is 61.9 Å². The van der Waals surface area contributed by atoms with Gasteiger partial charge in [0.15, 0.2) is 0 Å². The van der Waals surface area contributed by atoms with Gasteiger partial charge >= 0.3 is 0 Å². The van der Waals surface area contributed by atoms with E-state index in [0.29, 0.717) is 6.04 Å². The fourth-order valence-electron chi connectivity index (χ4n) is 2.49. The summed E-state index contributed by atoms with van der Waals surface area (Å²) in [6.45, 7) is 7.18. The van der Waals surface area contributed by atoms with Crippen molar-refractivity contribution >= 4 is 23.5 Å². The second-order valence-electron chi connectivity index (χ2n) is 5.94. The normalized spacial score (nSPS) is 13.9. The SMILES string of the molecule is CC[C@H](C)Nc1nc(Nc2cc(C)ccn2)cc2c1CNC=C2. The van der Waals surface area contributed by atoms with Gasteiger partial charge in [0, 0.05) is 24.3 Å². The van der Waals surface area contributed by atoms with Crippen LogP contribution in [0.15, 0.2) is 30.6 Å². The zero-order chi connectivity index (χ0) is 16.2. The minimum atomic E-state index is 0.379. The van der Waals surface area contributed by atoms with Crippen molar-refractivity contribution < 1.29 is 0 Å². The van der Waals surface area contributed by atoms with E-state index in [4.69, 9.17) is 4.98 Å². The number of pyridine rings is 2. The third-order valence-electron chi connectivity index (χ3n) is 3.99. The molecule has 0 bridgehead atoms. The molecule has 0 saturated heterocycles. The first kappa shape index (κ1) is 15.3. The molecule has 1 atom stereocenters. The summed E-state index contributed by atoms with van der Waals surface area (Å²) in [7, 11) is 0. The van der Waals surface area contributed by atoms with E-state index in [-0.39, 0.29) is 0 Å². The number of hydrogen-bond donors (Lipinski definition) is 3. The molecule has 2 aromatic heterocycles. The van der Waals surface area contributed by atoms with Crippen LogP contribution >= 0.6 is 0 Å². The predicted octanol–water partition coefficient (Wildman–Crippen LogP) is 3.81. The Labute approximate surface area is 137 Å². The summed E-state index contributed by atoms with van der Waals surface area (Å²) in [5.74, 6) is 2.55. The molecular weight excluding hydrogens is 286 g/mol. The van der Waals surface area contributed by atoms with E-state index in [1.807, 2.05) is 18.3 Å². The summed E-state index contributed by atoms with van der Waals surface area (Å²) in [5, 5.41) is 10.1. The van der Waals surface area contributed by atoms with Crippen LogP contribution in [0.25, 0.3) is 6.08 Å². The monoisotopic (exact) mass is 309 g/mol. The lowest BCUT2D eigenvalue weighted by Crippen LogP contribution is -2.20. The Morgan fingerprint density at radius 2 is 2.17 bits per heavy atom. The molecule has 3 rings (SSSR count). The molecule has 0 unspecified atom stereocenters. The van der Waals surface area contributed by atoms with Gasteiger partial charge in [-0.15, -0.1) is 0 Å². The van der Waals surface area contributed by atoms with E-state index in [0.717, 1.165) is 30.4 Å². The quantitative estimate of drug-likeness (QED) is 0.784. The highest BCUT2D eigenvalue weighted by Crippen LogP contribution is 2.27. The zero-order valence-corrected chi connectivity index (χ0v) is 13.9. The molecule has 2 aromatic rings. The average molecular weight is 309 g/mol. The van der Waals surface area contributed by atoms with E-state index in [1.165, 1.54) is 16.7 Å². The highest BCUT2D eigenvalue weighted by Gasteiger charge is 2.15. The summed E-state index contributed by atoms with van der Waals surface area (Å²) in [4.78, 5) is 9.11. The van der Waals surface area contributed by atoms with Gasteiger partial charge in [0.2, 0.25) is 0 Å². The maximum Gasteiger partial charge on any atom is 0.134 e. The minimum Gasteiger partial charge on any atom is -0.387 e. The van der Waals surface area contributed by atoms with Crippen molar-refractivity contribution in [3.05, 3.63) is 47.3 Å². The second-order valence-corrected chi connectivity index (χ2v) is 5.94. The summed E-state index contributed by atoms with van der Waals surface area (Å²) in [5.41, 5.74) is 3.55. The van der Waals surface area contributed by atoms with Gasteiger partial charge in [-0.05, 0) is 61.9 Å². The number of nitrogens with zero attached hydrogens (tertiary/aromatic N) is 2. The van der Waals surface area contributed by atoms with E-state index in [1.54, 1.807) is 6.20 Å². The van der Waals surface area contributed by atoms with E-state index in [2.05, 4.69) is 53.8 Å². The first-order valence-electron chi connectivity index (χ1n) is 8.05. The van der Waals surface area contributed by atoms with Crippen molar-refractivity contribution in [3.8, 4) is 0 Å². The molecule has 0 saturated carbocycles. The van der Waals surface area contributed by atoms with Crippen molar-refractivity contribution in [3.63, 3.8) is 0 Å². The Morgan fingerprint density at radius 3 is 2.96 bits per heavy atom. The molecule has 0 fully saturated rings. The van der Waals surface area contributed by atoms with Crippen LogP contribution in [0, 0.1) is 6.92 Å². The number of aryl methyl sites for hydroxylation is 1. The number of anilines is 3. The van der Waals surface area contributed by atoms with Crippen molar-refractivity contribution in [1.29, 1.82) is 0 Å². The largest absolute Gasteiger partial charge is 0.387 e. The van der Waals surface area contributed by atoms with Gasteiger partial charge in [0.25, 0.3) is 0 Å². The van der Waals surface area contributed by atoms with Gasteiger partial charge < -0.3 is 16.0 Å². The summed E-state index contributed by atoms with van der Waals surface area (Å²) in [6.07, 6.45) is 6.91. The van der Waals surface area contributed by atoms with Gasteiger partial charge in [-0.1, -0.05) is 6.92 Å². The first-order chi connectivity index (χ1) is 11.2. The van der Waals surface area contributed by atoms with Gasteiger partial charge in [-0.3, -0.25) is 0 Å². The Kier molecular flexibility index (Phi) is 4.46. The molecule has 0 aliphatic carbocycles. The molecule has 5 nitrogen and oxygen atoms in total. The van der Waals surface area contributed by atoms with Crippen LogP contribution in [0.3, 0.4) is 0 Å². The van der Waals surface area contributed by atoms with Crippen molar-refractivity contribution in [2.24, 2.45) is 0 Å². The van der Waals surface area contributed by atoms with Gasteiger partial charge in [-0.25, -0.2) is 9.97 Å². The van der Waals surface area contributed by atoms with Crippen LogP contribution in [0.2, 0.25) is 0 Å². The average Bonchev–Trinajstić information content (AvgIpc) is 2.55. The van der Waals surface area contributed by atoms with Crippen LogP contribution in [-0.2, 0) is 6.54 Å². The van der Waals surface area contributed by atoms with E-state index >= 15 is 0 Å². The van der Waals surface area contributed by atoms with E-state index in [9.17, 15) is 0 Å². The van der Waals surface area contributed by atoms with Crippen molar-refractivity contribution in [1.82, 2.24) is 15.3 Å². The van der Waals surface area contributed by atoms with Crippen molar-refractivity contribution in [2.45, 2.75) is 39.8 Å². The molecule has 0 amide bonds. The zero-order valence-electron chi connectivity index (χ0n) is 13.9. The van der Waals surface area contributed by atoms with Crippen molar-refractivity contribution in [2.75, 3.05) is 10.6 Å². The molecule has 3 heterocycles. The van der Waals surface area contributed by atoms with Crippen LogP contribution < -0.4 is 16.0 Å². The highest BCUT2D eigenvalue weighted by molar-refractivity contribution is 5.69. The fraction of sp³-hybridized carbons (Fsp3) is 0.333. The third-order valence-corrected chi connectivity index (χ3v) is 3.99. The lowest BCUT2D eigenvalue weighted by Gasteiger charge is -2.21. The number of aromatic nitrogens is 2.